The molecule has 0 bridgehead atoms. The number of carbonyl (C=O) groups is 2. The first kappa shape index (κ1) is 22.2. The van der Waals surface area contributed by atoms with Crippen molar-refractivity contribution in [1.29, 1.82) is 0 Å². The topological polar surface area (TPSA) is 122 Å². The Kier molecular flexibility index (Phi) is 5.37. The number of urea groups is 1. The molecule has 2 aliphatic heterocycles. The normalized spacial score (nSPS) is 26.6. The summed E-state index contributed by atoms with van der Waals surface area (Å²) in [5.74, 6) is -0.0389. The van der Waals surface area contributed by atoms with Gasteiger partial charge in [0.15, 0.2) is 12.3 Å². The summed E-state index contributed by atoms with van der Waals surface area (Å²) < 4.78 is 40.9. The van der Waals surface area contributed by atoms with Crippen LogP contribution in [0.4, 0.5) is 4.79 Å². The van der Waals surface area contributed by atoms with E-state index in [1.807, 2.05) is 6.92 Å². The zero-order chi connectivity index (χ0) is 23.4. The van der Waals surface area contributed by atoms with Crippen molar-refractivity contribution in [2.24, 2.45) is 5.92 Å². The molecule has 2 fully saturated rings. The molecule has 0 aromatic carbocycles. The van der Waals surface area contributed by atoms with Crippen LogP contribution in [0.2, 0.25) is 0 Å². The molecule has 1 saturated heterocycles. The third-order valence-corrected chi connectivity index (χ3v) is 8.27. The van der Waals surface area contributed by atoms with Crippen LogP contribution in [0.1, 0.15) is 37.6 Å². The zero-order valence-corrected chi connectivity index (χ0v) is 19.4. The molecule has 2 atom stereocenters. The minimum absolute atomic E-state index is 0.0851. The molecule has 11 heteroatoms. The third-order valence-electron chi connectivity index (χ3n) is 6.48. The maximum absolute atomic E-state index is 13.4. The number of hydrogen-bond donors (Lipinski definition) is 1. The number of allylic oxidation sites excluding steroid dienone is 1. The standard InChI is InChI=1S/C22H27N4O6S/c1-14-9-16(32-23-14)12-26-20(27)18-10-17(33(29,30)24-22(2)6-7-22)3-4-19(18)25(21(26)28)11-15-5-8-31-13-15/h3-4,9-10,15,17,24H,5-8,11-13H2,1-2H3/q+1. The quantitative estimate of drug-likeness (QED) is 0.590. The van der Waals surface area contributed by atoms with E-state index in [-0.39, 0.29) is 18.0 Å². The summed E-state index contributed by atoms with van der Waals surface area (Å²) in [5.41, 5.74) is 0.834. The largest absolute Gasteiger partial charge is 0.501 e. The number of nitrogens with zero attached hydrogens (tertiary/aromatic N) is 3. The smallest absolute Gasteiger partial charge is 0.381 e. The van der Waals surface area contributed by atoms with Crippen molar-refractivity contribution >= 4 is 27.7 Å². The van der Waals surface area contributed by atoms with Crippen molar-refractivity contribution in [2.45, 2.75) is 50.4 Å². The molecule has 1 saturated carbocycles. The van der Waals surface area contributed by atoms with E-state index in [0.29, 0.717) is 36.9 Å². The molecule has 5 rings (SSSR count). The van der Waals surface area contributed by atoms with Crippen LogP contribution in [0.3, 0.4) is 0 Å². The third kappa shape index (κ3) is 4.32. The van der Waals surface area contributed by atoms with Gasteiger partial charge in [0, 0.05) is 24.1 Å². The fourth-order valence-electron chi connectivity index (χ4n) is 4.32. The Morgan fingerprint density at radius 1 is 1.33 bits per heavy atom. The lowest BCUT2D eigenvalue weighted by atomic mass is 9.98. The lowest BCUT2D eigenvalue weighted by Crippen LogP contribution is -2.52. The predicted molar refractivity (Wildman–Crippen MR) is 117 cm³/mol. The zero-order valence-electron chi connectivity index (χ0n) is 18.6. The van der Waals surface area contributed by atoms with E-state index < -0.39 is 32.8 Å². The number of imide groups is 1. The van der Waals surface area contributed by atoms with Crippen molar-refractivity contribution < 1.29 is 31.8 Å². The van der Waals surface area contributed by atoms with Crippen LogP contribution in [0.15, 0.2) is 34.4 Å². The number of rotatable bonds is 7. The number of aromatic nitrogens is 1. The Morgan fingerprint density at radius 3 is 2.76 bits per heavy atom. The van der Waals surface area contributed by atoms with Crippen molar-refractivity contribution in [3.05, 3.63) is 41.3 Å². The summed E-state index contributed by atoms with van der Waals surface area (Å²) in [5, 5.41) is 2.82. The van der Waals surface area contributed by atoms with Gasteiger partial charge in [0.2, 0.25) is 10.0 Å². The number of aryl methyl sites for hydroxylation is 1. The second kappa shape index (κ2) is 8.00. The van der Waals surface area contributed by atoms with E-state index in [1.165, 1.54) is 12.2 Å². The molecule has 4 aliphatic rings. The minimum Gasteiger partial charge on any atom is -0.381 e. The summed E-state index contributed by atoms with van der Waals surface area (Å²) in [7, 11) is -3.73. The fourth-order valence-corrected chi connectivity index (χ4v) is 5.95. The molecule has 0 radical (unpaired) electrons. The summed E-state index contributed by atoms with van der Waals surface area (Å²) >= 11 is 0. The van der Waals surface area contributed by atoms with Gasteiger partial charge in [-0.3, -0.25) is 0 Å². The highest BCUT2D eigenvalue weighted by Crippen LogP contribution is 2.36. The Balaban J connectivity index is 1.51. The molecule has 2 aliphatic carbocycles. The van der Waals surface area contributed by atoms with Crippen LogP contribution >= 0.6 is 0 Å². The highest BCUT2D eigenvalue weighted by molar-refractivity contribution is 7.90. The Bertz CT molecular complexity index is 1200. The van der Waals surface area contributed by atoms with E-state index in [2.05, 4.69) is 9.88 Å². The molecule has 0 spiro atoms. The number of sulfonamides is 1. The first-order chi connectivity index (χ1) is 15.7. The lowest BCUT2D eigenvalue weighted by Gasteiger charge is -2.26. The van der Waals surface area contributed by atoms with Gasteiger partial charge in [0.25, 0.3) is 0 Å². The van der Waals surface area contributed by atoms with Crippen molar-refractivity contribution in [3.63, 3.8) is 0 Å². The summed E-state index contributed by atoms with van der Waals surface area (Å²) in [6, 6.07) is 1.19. The first-order valence-corrected chi connectivity index (χ1v) is 12.6. The second-order valence-electron chi connectivity index (χ2n) is 9.45. The highest BCUT2D eigenvalue weighted by Gasteiger charge is 2.48. The lowest BCUT2D eigenvalue weighted by molar-refractivity contribution is -0.445. The van der Waals surface area contributed by atoms with Gasteiger partial charge in [0.05, 0.1) is 18.8 Å². The van der Waals surface area contributed by atoms with Crippen LogP contribution in [-0.2, 0) is 26.1 Å². The maximum Gasteiger partial charge on any atom is 0.501 e. The highest BCUT2D eigenvalue weighted by atomic mass is 32.2. The van der Waals surface area contributed by atoms with Gasteiger partial charge in [-0.25, -0.2) is 17.9 Å². The Hall–Kier alpha value is -2.63. The van der Waals surface area contributed by atoms with Crippen LogP contribution in [0, 0.1) is 12.8 Å². The molecular weight excluding hydrogens is 448 g/mol. The van der Waals surface area contributed by atoms with E-state index in [9.17, 15) is 18.0 Å². The molecule has 33 heavy (non-hydrogen) atoms. The Labute approximate surface area is 192 Å². The molecular formula is C22H27N4O6S+. The molecule has 3 amide bonds. The van der Waals surface area contributed by atoms with Crippen LogP contribution in [0.25, 0.3) is 0 Å². The van der Waals surface area contributed by atoms with Crippen molar-refractivity contribution in [2.75, 3.05) is 19.8 Å². The summed E-state index contributed by atoms with van der Waals surface area (Å²) in [6.45, 7) is 5.07. The van der Waals surface area contributed by atoms with Crippen molar-refractivity contribution in [3.8, 4) is 0 Å². The molecule has 1 aromatic rings. The van der Waals surface area contributed by atoms with Crippen LogP contribution in [0.5, 0.6) is 0 Å². The Morgan fingerprint density at radius 2 is 2.12 bits per heavy atom. The number of nitrogens with one attached hydrogen (secondary N) is 1. The molecule has 10 nitrogen and oxygen atoms in total. The monoisotopic (exact) mass is 475 g/mol. The molecule has 3 heterocycles. The predicted octanol–water partition coefficient (Wildman–Crippen LogP) is 1.27. The number of ether oxygens (including phenoxy) is 1. The molecule has 176 valence electrons. The van der Waals surface area contributed by atoms with Gasteiger partial charge in [-0.1, -0.05) is 11.2 Å². The van der Waals surface area contributed by atoms with Gasteiger partial charge in [0.1, 0.15) is 16.5 Å². The van der Waals surface area contributed by atoms with Crippen LogP contribution in [-0.4, -0.2) is 71.2 Å². The molecule has 1 N–H and O–H groups in total. The summed E-state index contributed by atoms with van der Waals surface area (Å²) in [4.78, 5) is 27.9. The van der Waals surface area contributed by atoms with Gasteiger partial charge in [-0.05, 0) is 45.3 Å². The summed E-state index contributed by atoms with van der Waals surface area (Å²) in [6.07, 6.45) is 6.93. The van der Waals surface area contributed by atoms with E-state index in [4.69, 9.17) is 9.26 Å². The average molecular weight is 476 g/mol. The minimum atomic E-state index is -3.73. The van der Waals surface area contributed by atoms with Gasteiger partial charge < -0.3 is 9.26 Å². The van der Waals surface area contributed by atoms with Crippen molar-refractivity contribution in [1.82, 2.24) is 14.8 Å². The van der Waals surface area contributed by atoms with Gasteiger partial charge in [-0.2, -0.15) is 9.37 Å². The number of amides is 3. The first-order valence-electron chi connectivity index (χ1n) is 11.1. The number of carbonyl (C=O) groups excluding carboxylic acids is 2. The second-order valence-corrected chi connectivity index (χ2v) is 11.3. The molecule has 1 aromatic heterocycles. The van der Waals surface area contributed by atoms with Gasteiger partial charge in [-0.15, -0.1) is 4.90 Å². The van der Waals surface area contributed by atoms with E-state index in [1.54, 1.807) is 23.6 Å². The molecule has 2 unspecified atom stereocenters. The van der Waals surface area contributed by atoms with E-state index >= 15 is 0 Å². The SMILES string of the molecule is Cc1cc(CN2C(=O)C3=CC(S(=O)(=O)NC4(C)CC4)C=CC3=[N+](CC3CCOC3)C2=O)on1. The number of hydrogen-bond acceptors (Lipinski definition) is 7. The number of fused-ring (bicyclic) bond motifs is 1. The van der Waals surface area contributed by atoms with E-state index in [0.717, 1.165) is 24.2 Å². The average Bonchev–Trinajstić information content (AvgIpc) is 3.14. The van der Waals surface area contributed by atoms with Gasteiger partial charge >= 0.3 is 11.9 Å². The fraction of sp³-hybridized carbons (Fsp3) is 0.545. The van der Waals surface area contributed by atoms with Crippen LogP contribution < -0.4 is 4.72 Å². The maximum atomic E-state index is 13.4.